The second kappa shape index (κ2) is 50.9. The minimum Gasteiger partial charge on any atom is -0.477 e. The van der Waals surface area contributed by atoms with Gasteiger partial charge in [0, 0.05) is 12.8 Å². The van der Waals surface area contributed by atoms with E-state index in [1.165, 1.54) is 173 Å². The minimum absolute atomic E-state index is 0.184. The van der Waals surface area contributed by atoms with Crippen molar-refractivity contribution >= 4 is 17.9 Å². The molecule has 0 fully saturated rings. The molecule has 1 N–H and O–H groups in total. The summed E-state index contributed by atoms with van der Waals surface area (Å²) in [4.78, 5) is 37.4. The third kappa shape index (κ3) is 51.4. The Morgan fingerprint density at radius 2 is 0.794 bits per heavy atom. The largest absolute Gasteiger partial charge is 0.477 e. The number of rotatable bonds is 53. The molecular formula is C59H110NO8+. The first-order valence-electron chi connectivity index (χ1n) is 28.7. The van der Waals surface area contributed by atoms with Gasteiger partial charge in [0.2, 0.25) is 0 Å². The molecule has 0 saturated heterocycles. The number of aliphatic carboxylic acids is 1. The molecular weight excluding hydrogens is 851 g/mol. The summed E-state index contributed by atoms with van der Waals surface area (Å²) < 4.78 is 22.9. The average molecular weight is 962 g/mol. The van der Waals surface area contributed by atoms with Gasteiger partial charge in [-0.25, -0.2) is 4.79 Å². The van der Waals surface area contributed by atoms with Crippen molar-refractivity contribution in [3.05, 3.63) is 36.5 Å². The molecule has 0 aliphatic rings. The zero-order chi connectivity index (χ0) is 49.9. The lowest BCUT2D eigenvalue weighted by atomic mass is 10.0. The van der Waals surface area contributed by atoms with Gasteiger partial charge in [-0.2, -0.15) is 0 Å². The van der Waals surface area contributed by atoms with E-state index in [1.54, 1.807) is 0 Å². The van der Waals surface area contributed by atoms with Crippen molar-refractivity contribution in [2.24, 2.45) is 0 Å². The molecule has 68 heavy (non-hydrogen) atoms. The van der Waals surface area contributed by atoms with E-state index in [0.717, 1.165) is 57.8 Å². The van der Waals surface area contributed by atoms with Crippen LogP contribution >= 0.6 is 0 Å². The molecule has 0 aromatic heterocycles. The Morgan fingerprint density at radius 3 is 1.21 bits per heavy atom. The molecule has 0 aromatic carbocycles. The number of likely N-dealkylation sites (N-methyl/N-ethyl adjacent to an activating group) is 1. The normalized spacial score (nSPS) is 13.0. The van der Waals surface area contributed by atoms with E-state index in [0.29, 0.717) is 23.9 Å². The SMILES string of the molecule is CCCCC/C=C\C/C=C\C/C=C\CCCCCCCCC(=O)OC(COC(=O)CCCCCCCCCCCCCCCCCCCCCCCCCC)COC(OCC[N+](C)(C)C)C(=O)O. The highest BCUT2D eigenvalue weighted by atomic mass is 16.7. The fraction of sp³-hybridized carbons (Fsp3) is 0.847. The fourth-order valence-corrected chi connectivity index (χ4v) is 8.20. The van der Waals surface area contributed by atoms with Crippen LogP contribution in [0.25, 0.3) is 0 Å². The monoisotopic (exact) mass is 961 g/mol. The van der Waals surface area contributed by atoms with Gasteiger partial charge in [-0.15, -0.1) is 0 Å². The first-order valence-corrected chi connectivity index (χ1v) is 28.7. The third-order valence-electron chi connectivity index (χ3n) is 12.6. The van der Waals surface area contributed by atoms with Gasteiger partial charge in [0.1, 0.15) is 13.2 Å². The number of esters is 2. The summed E-state index contributed by atoms with van der Waals surface area (Å²) in [6.07, 6.45) is 57.9. The number of nitrogens with zero attached hydrogens (tertiary/aromatic N) is 1. The van der Waals surface area contributed by atoms with E-state index in [-0.39, 0.29) is 32.2 Å². The van der Waals surface area contributed by atoms with Crippen LogP contribution in [0, 0.1) is 0 Å². The lowest BCUT2D eigenvalue weighted by Gasteiger charge is -2.25. The van der Waals surface area contributed by atoms with Crippen molar-refractivity contribution in [1.82, 2.24) is 0 Å². The van der Waals surface area contributed by atoms with Crippen LogP contribution in [0.15, 0.2) is 36.5 Å². The number of carbonyl (C=O) groups excluding carboxylic acids is 2. The van der Waals surface area contributed by atoms with Gasteiger partial charge >= 0.3 is 17.9 Å². The predicted molar refractivity (Wildman–Crippen MR) is 286 cm³/mol. The molecule has 398 valence electrons. The molecule has 9 heteroatoms. The average Bonchev–Trinajstić information content (AvgIpc) is 3.30. The predicted octanol–water partition coefficient (Wildman–Crippen LogP) is 16.5. The maximum atomic E-state index is 12.8. The van der Waals surface area contributed by atoms with Crippen molar-refractivity contribution in [3.8, 4) is 0 Å². The van der Waals surface area contributed by atoms with Crippen LogP contribution in [0.1, 0.15) is 264 Å². The number of allylic oxidation sites excluding steroid dienone is 6. The second-order valence-corrected chi connectivity index (χ2v) is 20.6. The summed E-state index contributed by atoms with van der Waals surface area (Å²) in [5.74, 6) is -2.01. The molecule has 0 amide bonds. The Morgan fingerprint density at radius 1 is 0.441 bits per heavy atom. The molecule has 0 rings (SSSR count). The molecule has 0 aromatic rings. The van der Waals surface area contributed by atoms with Gasteiger partial charge in [0.05, 0.1) is 34.4 Å². The summed E-state index contributed by atoms with van der Waals surface area (Å²) in [5, 5.41) is 9.69. The van der Waals surface area contributed by atoms with Crippen LogP contribution in [0.2, 0.25) is 0 Å². The lowest BCUT2D eigenvalue weighted by Crippen LogP contribution is -2.40. The summed E-state index contributed by atoms with van der Waals surface area (Å²) >= 11 is 0. The Balaban J connectivity index is 4.24. The molecule has 0 aliphatic carbocycles. The van der Waals surface area contributed by atoms with Crippen molar-refractivity contribution in [2.45, 2.75) is 277 Å². The van der Waals surface area contributed by atoms with Crippen molar-refractivity contribution < 1.29 is 42.9 Å². The summed E-state index contributed by atoms with van der Waals surface area (Å²) in [6, 6.07) is 0. The van der Waals surface area contributed by atoms with Crippen LogP contribution < -0.4 is 0 Å². The number of hydrogen-bond acceptors (Lipinski definition) is 7. The van der Waals surface area contributed by atoms with Crippen LogP contribution in [-0.4, -0.2) is 87.4 Å². The first-order chi connectivity index (χ1) is 33.1. The Labute approximate surface area is 420 Å². The number of carbonyl (C=O) groups is 3. The maximum Gasteiger partial charge on any atom is 0.361 e. The number of carboxylic acids is 1. The zero-order valence-corrected chi connectivity index (χ0v) is 45.3. The van der Waals surface area contributed by atoms with E-state index in [9.17, 15) is 19.5 Å². The Bertz CT molecular complexity index is 1210. The van der Waals surface area contributed by atoms with E-state index in [1.807, 2.05) is 21.1 Å². The van der Waals surface area contributed by atoms with E-state index >= 15 is 0 Å². The standard InChI is InChI=1S/C59H109NO8/c1-6-8-10-12-14-16-18-20-22-24-26-27-28-29-30-32-33-35-37-39-41-43-45-47-49-56(61)66-53-55(54-67-59(58(63)64)65-52-51-60(3,4)5)68-57(62)50-48-46-44-42-40-38-36-34-31-25-23-21-19-17-15-13-11-9-7-2/h15,17,21,23,31,34,55,59H,6-14,16,18-20,22,24-30,32-33,35-54H2,1-5H3/p+1/b17-15-,23-21-,34-31-. The molecule has 0 bridgehead atoms. The highest BCUT2D eigenvalue weighted by Crippen LogP contribution is 2.17. The van der Waals surface area contributed by atoms with Gasteiger partial charge in [-0.3, -0.25) is 9.59 Å². The summed E-state index contributed by atoms with van der Waals surface area (Å²) in [6.45, 7) is 4.87. The molecule has 0 heterocycles. The Hall–Kier alpha value is -2.49. The highest BCUT2D eigenvalue weighted by molar-refractivity contribution is 5.71. The van der Waals surface area contributed by atoms with Crippen LogP contribution in [0.5, 0.6) is 0 Å². The third-order valence-corrected chi connectivity index (χ3v) is 12.6. The topological polar surface area (TPSA) is 108 Å². The van der Waals surface area contributed by atoms with Gasteiger partial charge in [-0.05, 0) is 51.4 Å². The number of unbranched alkanes of at least 4 members (excludes halogenated alkanes) is 32. The summed E-state index contributed by atoms with van der Waals surface area (Å²) in [5.41, 5.74) is 0. The van der Waals surface area contributed by atoms with Crippen LogP contribution in [0.3, 0.4) is 0 Å². The van der Waals surface area contributed by atoms with Gasteiger partial charge in [0.25, 0.3) is 6.29 Å². The molecule has 0 radical (unpaired) electrons. The molecule has 0 spiro atoms. The quantitative estimate of drug-likeness (QED) is 0.0211. The molecule has 2 atom stereocenters. The number of hydrogen-bond donors (Lipinski definition) is 1. The van der Waals surface area contributed by atoms with Crippen molar-refractivity contribution in [1.29, 1.82) is 0 Å². The first kappa shape index (κ1) is 65.5. The van der Waals surface area contributed by atoms with E-state index in [2.05, 4.69) is 50.3 Å². The smallest absolute Gasteiger partial charge is 0.361 e. The van der Waals surface area contributed by atoms with E-state index < -0.39 is 24.3 Å². The molecule has 0 saturated carbocycles. The fourth-order valence-electron chi connectivity index (χ4n) is 8.20. The van der Waals surface area contributed by atoms with E-state index in [4.69, 9.17) is 18.9 Å². The second-order valence-electron chi connectivity index (χ2n) is 20.6. The van der Waals surface area contributed by atoms with Gasteiger partial charge < -0.3 is 28.5 Å². The van der Waals surface area contributed by atoms with Crippen LogP contribution in [-0.2, 0) is 33.3 Å². The minimum atomic E-state index is -1.51. The Kier molecular flexibility index (Phi) is 49.0. The lowest BCUT2D eigenvalue weighted by molar-refractivity contribution is -0.870. The summed E-state index contributed by atoms with van der Waals surface area (Å²) in [7, 11) is 5.97. The van der Waals surface area contributed by atoms with Crippen molar-refractivity contribution in [2.75, 3.05) is 47.5 Å². The maximum absolute atomic E-state index is 12.8. The van der Waals surface area contributed by atoms with Crippen LogP contribution in [0.4, 0.5) is 0 Å². The van der Waals surface area contributed by atoms with Gasteiger partial charge in [-0.1, -0.05) is 237 Å². The van der Waals surface area contributed by atoms with Crippen molar-refractivity contribution in [3.63, 3.8) is 0 Å². The molecule has 2 unspecified atom stereocenters. The van der Waals surface area contributed by atoms with Gasteiger partial charge in [0.15, 0.2) is 6.10 Å². The number of carboxylic acid groups (broad SMARTS) is 1. The zero-order valence-electron chi connectivity index (χ0n) is 45.3. The number of quaternary nitrogens is 1. The molecule has 0 aliphatic heterocycles. The molecule has 9 nitrogen and oxygen atoms in total. The number of ether oxygens (including phenoxy) is 4. The highest BCUT2D eigenvalue weighted by Gasteiger charge is 2.25.